The molecule has 2 N–H and O–H groups in total. The molecular weight excluding hydrogens is 242 g/mol. The van der Waals surface area contributed by atoms with Crippen LogP contribution in [0.25, 0.3) is 0 Å². The summed E-state index contributed by atoms with van der Waals surface area (Å²) in [5.74, 6) is 0.451. The minimum absolute atomic E-state index is 0.0198. The predicted octanol–water partition coefficient (Wildman–Crippen LogP) is 0.583. The highest BCUT2D eigenvalue weighted by Gasteiger charge is 2.29. The molecule has 0 bridgehead atoms. The number of nitrogens with zero attached hydrogens (tertiary/aromatic N) is 2. The molecule has 1 amide bonds. The zero-order valence-corrected chi connectivity index (χ0v) is 9.68. The van der Waals surface area contributed by atoms with E-state index in [9.17, 15) is 4.79 Å². The van der Waals surface area contributed by atoms with Crippen molar-refractivity contribution >= 4 is 29.1 Å². The monoisotopic (exact) mass is 253 g/mol. The summed E-state index contributed by atoms with van der Waals surface area (Å²) < 4.78 is 5.03. The van der Waals surface area contributed by atoms with Crippen LogP contribution in [0.15, 0.2) is 33.0 Å². The van der Waals surface area contributed by atoms with E-state index >= 15 is 0 Å². The van der Waals surface area contributed by atoms with Gasteiger partial charge in [0.15, 0.2) is 5.17 Å². The van der Waals surface area contributed by atoms with Crippen LogP contribution < -0.4 is 5.32 Å². The first-order chi connectivity index (χ1) is 8.29. The zero-order chi connectivity index (χ0) is 12.1. The van der Waals surface area contributed by atoms with Crippen molar-refractivity contribution in [3.8, 4) is 0 Å². The third-order valence-electron chi connectivity index (χ3n) is 2.04. The van der Waals surface area contributed by atoms with E-state index in [1.807, 2.05) is 0 Å². The number of nitrogens with one attached hydrogen (secondary N) is 1. The number of aliphatic hydroxyl groups is 1. The smallest absolute Gasteiger partial charge is 0.239 e. The lowest BCUT2D eigenvalue weighted by Crippen LogP contribution is -2.25. The minimum Gasteiger partial charge on any atom is -0.463 e. The van der Waals surface area contributed by atoms with Crippen LogP contribution in [0.4, 0.5) is 0 Å². The van der Waals surface area contributed by atoms with Gasteiger partial charge in [-0.2, -0.15) is 5.10 Å². The van der Waals surface area contributed by atoms with Crippen LogP contribution in [0, 0.1) is 0 Å². The van der Waals surface area contributed by atoms with Crippen molar-refractivity contribution in [1.29, 1.82) is 0 Å². The van der Waals surface area contributed by atoms with Gasteiger partial charge < -0.3 is 14.8 Å². The Morgan fingerprint density at radius 3 is 3.24 bits per heavy atom. The average Bonchev–Trinajstić information content (AvgIpc) is 2.91. The van der Waals surface area contributed by atoms with Gasteiger partial charge in [0.25, 0.3) is 0 Å². The summed E-state index contributed by atoms with van der Waals surface area (Å²) in [7, 11) is 0. The maximum absolute atomic E-state index is 11.4. The number of hydrogen-bond donors (Lipinski definition) is 2. The lowest BCUT2D eigenvalue weighted by molar-refractivity contribution is -0.119. The molecule has 1 aromatic rings. The van der Waals surface area contributed by atoms with Gasteiger partial charge in [0, 0.05) is 6.61 Å². The third-order valence-corrected chi connectivity index (χ3v) is 3.19. The molecule has 1 saturated heterocycles. The highest BCUT2D eigenvalue weighted by Crippen LogP contribution is 2.21. The molecule has 2 heterocycles. The second-order valence-corrected chi connectivity index (χ2v) is 4.46. The average molecular weight is 253 g/mol. The van der Waals surface area contributed by atoms with E-state index in [1.165, 1.54) is 24.2 Å². The van der Waals surface area contributed by atoms with Gasteiger partial charge in [-0.05, 0) is 18.6 Å². The molecule has 90 valence electrons. The van der Waals surface area contributed by atoms with E-state index in [0.717, 1.165) is 0 Å². The number of amidine groups is 1. The molecule has 1 atom stereocenters. The van der Waals surface area contributed by atoms with E-state index in [2.05, 4.69) is 15.5 Å². The van der Waals surface area contributed by atoms with Crippen LogP contribution >= 0.6 is 11.8 Å². The Kier molecular flexibility index (Phi) is 3.94. The van der Waals surface area contributed by atoms with Gasteiger partial charge in [-0.3, -0.25) is 4.79 Å². The number of rotatable bonds is 4. The Bertz CT molecular complexity index is 442. The highest BCUT2D eigenvalue weighted by atomic mass is 32.2. The van der Waals surface area contributed by atoms with E-state index < -0.39 is 0 Å². The molecule has 0 saturated carbocycles. The molecule has 0 aliphatic carbocycles. The van der Waals surface area contributed by atoms with Crippen LogP contribution in [-0.2, 0) is 4.79 Å². The number of hydrogen-bond acceptors (Lipinski definition) is 6. The predicted molar refractivity (Wildman–Crippen MR) is 65.0 cm³/mol. The van der Waals surface area contributed by atoms with Crippen molar-refractivity contribution in [2.75, 3.05) is 6.61 Å². The van der Waals surface area contributed by atoms with Gasteiger partial charge in [-0.25, -0.2) is 0 Å². The van der Waals surface area contributed by atoms with Crippen molar-refractivity contribution in [3.63, 3.8) is 0 Å². The van der Waals surface area contributed by atoms with E-state index in [1.54, 1.807) is 12.1 Å². The van der Waals surface area contributed by atoms with Gasteiger partial charge in [-0.15, -0.1) is 5.10 Å². The van der Waals surface area contributed by atoms with Crippen LogP contribution in [-0.4, -0.2) is 34.3 Å². The molecular formula is C10H11N3O3S. The van der Waals surface area contributed by atoms with Gasteiger partial charge in [0.1, 0.15) is 5.76 Å². The Morgan fingerprint density at radius 2 is 2.53 bits per heavy atom. The summed E-state index contributed by atoms with van der Waals surface area (Å²) in [5, 5.41) is 19.2. The van der Waals surface area contributed by atoms with Crippen molar-refractivity contribution in [2.45, 2.75) is 11.7 Å². The molecule has 7 heteroatoms. The largest absolute Gasteiger partial charge is 0.463 e. The summed E-state index contributed by atoms with van der Waals surface area (Å²) in [6.45, 7) is -0.0198. The molecule has 6 nitrogen and oxygen atoms in total. The Balaban J connectivity index is 1.93. The molecule has 0 aromatic carbocycles. The van der Waals surface area contributed by atoms with E-state index in [0.29, 0.717) is 17.3 Å². The number of carbonyl (C=O) groups excluding carboxylic acids is 1. The summed E-state index contributed by atoms with van der Waals surface area (Å²) in [4.78, 5) is 11.4. The second kappa shape index (κ2) is 5.65. The summed E-state index contributed by atoms with van der Waals surface area (Å²) in [6, 6.07) is 3.50. The first-order valence-corrected chi connectivity index (χ1v) is 5.90. The molecule has 0 unspecified atom stereocenters. The lowest BCUT2D eigenvalue weighted by atomic mass is 10.3. The Morgan fingerprint density at radius 1 is 1.65 bits per heavy atom. The van der Waals surface area contributed by atoms with Crippen molar-refractivity contribution in [2.24, 2.45) is 10.2 Å². The van der Waals surface area contributed by atoms with E-state index in [4.69, 9.17) is 9.52 Å². The van der Waals surface area contributed by atoms with Crippen LogP contribution in [0.2, 0.25) is 0 Å². The van der Waals surface area contributed by atoms with E-state index in [-0.39, 0.29) is 17.8 Å². The minimum atomic E-state index is -0.280. The number of carbonyl (C=O) groups is 1. The van der Waals surface area contributed by atoms with Crippen LogP contribution in [0.1, 0.15) is 12.2 Å². The van der Waals surface area contributed by atoms with Crippen molar-refractivity contribution < 1.29 is 14.3 Å². The van der Waals surface area contributed by atoms with Crippen LogP contribution in [0.3, 0.4) is 0 Å². The molecule has 17 heavy (non-hydrogen) atoms. The molecule has 1 aliphatic heterocycles. The fraction of sp³-hybridized carbons (Fsp3) is 0.300. The first-order valence-electron chi connectivity index (χ1n) is 5.02. The fourth-order valence-corrected chi connectivity index (χ4v) is 2.17. The summed E-state index contributed by atoms with van der Waals surface area (Å²) in [6.07, 6.45) is 3.41. The van der Waals surface area contributed by atoms with Gasteiger partial charge >= 0.3 is 0 Å². The SMILES string of the molecule is O=C1N/C(=N/N=C\c2ccco2)S[C@@H]1CCO. The number of aliphatic hydroxyl groups excluding tert-OH is 1. The van der Waals surface area contributed by atoms with Gasteiger partial charge in [0.2, 0.25) is 5.91 Å². The Hall–Kier alpha value is -1.60. The lowest BCUT2D eigenvalue weighted by Gasteiger charge is -1.98. The molecule has 0 radical (unpaired) electrons. The number of amides is 1. The van der Waals surface area contributed by atoms with Gasteiger partial charge in [0.05, 0.1) is 17.7 Å². The maximum atomic E-state index is 11.4. The van der Waals surface area contributed by atoms with Crippen molar-refractivity contribution in [3.05, 3.63) is 24.2 Å². The highest BCUT2D eigenvalue weighted by molar-refractivity contribution is 8.15. The standard InChI is InChI=1S/C10H11N3O3S/c14-4-3-8-9(15)12-10(17-8)13-11-6-7-2-1-5-16-7/h1-2,5-6,8,14H,3-4H2,(H,12,13,15)/b11-6-/t8-/m1/s1. The third kappa shape index (κ3) is 3.18. The Labute approximate surface area is 102 Å². The number of thioether (sulfide) groups is 1. The van der Waals surface area contributed by atoms with Crippen LogP contribution in [0.5, 0.6) is 0 Å². The first kappa shape index (κ1) is 11.9. The fourth-order valence-electron chi connectivity index (χ4n) is 1.26. The topological polar surface area (TPSA) is 87.2 Å². The molecule has 1 aliphatic rings. The molecule has 1 aromatic heterocycles. The maximum Gasteiger partial charge on any atom is 0.239 e. The molecule has 1 fully saturated rings. The van der Waals surface area contributed by atoms with Gasteiger partial charge in [-0.1, -0.05) is 11.8 Å². The summed E-state index contributed by atoms with van der Waals surface area (Å²) >= 11 is 1.27. The normalized spacial score (nSPS) is 22.5. The quantitative estimate of drug-likeness (QED) is 0.607. The molecule has 0 spiro atoms. The number of furan rings is 1. The summed E-state index contributed by atoms with van der Waals surface area (Å²) in [5.41, 5.74) is 0. The van der Waals surface area contributed by atoms with Crippen molar-refractivity contribution in [1.82, 2.24) is 5.32 Å². The zero-order valence-electron chi connectivity index (χ0n) is 8.87. The molecule has 2 rings (SSSR count). The second-order valence-electron chi connectivity index (χ2n) is 3.27.